The maximum Gasteiger partial charge on any atom is 0.243 e. The van der Waals surface area contributed by atoms with E-state index in [1.54, 1.807) is 16.6 Å². The van der Waals surface area contributed by atoms with Gasteiger partial charge >= 0.3 is 0 Å². The molecule has 6 heteroatoms. The molecule has 0 aliphatic rings. The molecule has 1 N–H and O–H groups in total. The smallest absolute Gasteiger partial charge is 0.243 e. The first-order chi connectivity index (χ1) is 9.22. The van der Waals surface area contributed by atoms with E-state index in [0.717, 1.165) is 10.1 Å². The van der Waals surface area contributed by atoms with Gasteiger partial charge in [0.1, 0.15) is 5.82 Å². The summed E-state index contributed by atoms with van der Waals surface area (Å²) in [6, 6.07) is 10.5. The largest absolute Gasteiger partial charge is 0.349 e. The van der Waals surface area contributed by atoms with E-state index in [2.05, 4.69) is 31.3 Å². The molecule has 2 heterocycles. The molecular weight excluding hydrogens is 311 g/mol. The van der Waals surface area contributed by atoms with Crippen LogP contribution in [0.15, 0.2) is 47.1 Å². The third kappa shape index (κ3) is 2.58. The van der Waals surface area contributed by atoms with Crippen LogP contribution in [0.4, 0.5) is 10.3 Å². The van der Waals surface area contributed by atoms with E-state index in [4.69, 9.17) is 0 Å². The van der Waals surface area contributed by atoms with E-state index < -0.39 is 0 Å². The highest BCUT2D eigenvalue weighted by Crippen LogP contribution is 2.16. The molecule has 0 atom stereocenters. The highest BCUT2D eigenvalue weighted by Gasteiger charge is 2.05. The number of anilines is 1. The SMILES string of the molecule is Fc1ccc(Br)cc1CNc1nc2ccccn2n1. The summed E-state index contributed by atoms with van der Waals surface area (Å²) in [5.74, 6) is 0.227. The lowest BCUT2D eigenvalue weighted by molar-refractivity contribution is 0.612. The summed E-state index contributed by atoms with van der Waals surface area (Å²) in [6.45, 7) is 0.335. The topological polar surface area (TPSA) is 42.2 Å². The molecule has 0 amide bonds. The number of benzene rings is 1. The monoisotopic (exact) mass is 320 g/mol. The number of rotatable bonds is 3. The van der Waals surface area contributed by atoms with Crippen molar-refractivity contribution in [2.45, 2.75) is 6.54 Å². The van der Waals surface area contributed by atoms with Gasteiger partial charge in [-0.2, -0.15) is 4.98 Å². The Hall–Kier alpha value is -1.95. The molecule has 0 aliphatic carbocycles. The Morgan fingerprint density at radius 3 is 3.00 bits per heavy atom. The summed E-state index contributed by atoms with van der Waals surface area (Å²) in [5.41, 5.74) is 1.31. The lowest BCUT2D eigenvalue weighted by Crippen LogP contribution is -2.03. The molecule has 0 aliphatic heterocycles. The Morgan fingerprint density at radius 1 is 1.26 bits per heavy atom. The van der Waals surface area contributed by atoms with Crippen LogP contribution in [0.5, 0.6) is 0 Å². The first-order valence-electron chi connectivity index (χ1n) is 5.71. The average Bonchev–Trinajstić information content (AvgIpc) is 2.82. The van der Waals surface area contributed by atoms with Crippen molar-refractivity contribution < 1.29 is 4.39 Å². The fourth-order valence-corrected chi connectivity index (χ4v) is 2.17. The molecule has 0 spiro atoms. The van der Waals surface area contributed by atoms with Crippen molar-refractivity contribution >= 4 is 27.5 Å². The molecule has 4 nitrogen and oxygen atoms in total. The summed E-state index contributed by atoms with van der Waals surface area (Å²) < 4.78 is 16.1. The van der Waals surface area contributed by atoms with Gasteiger partial charge in [-0.15, -0.1) is 5.10 Å². The molecule has 0 saturated heterocycles. The average molecular weight is 321 g/mol. The van der Waals surface area contributed by atoms with Gasteiger partial charge in [0.15, 0.2) is 5.65 Å². The number of hydrogen-bond donors (Lipinski definition) is 1. The van der Waals surface area contributed by atoms with Gasteiger partial charge in [0.25, 0.3) is 0 Å². The minimum absolute atomic E-state index is 0.250. The first kappa shape index (κ1) is 12.1. The second-order valence-electron chi connectivity index (χ2n) is 4.03. The van der Waals surface area contributed by atoms with E-state index in [-0.39, 0.29) is 5.82 Å². The fraction of sp³-hybridized carbons (Fsp3) is 0.0769. The number of halogens is 2. The van der Waals surface area contributed by atoms with Gasteiger partial charge in [0.2, 0.25) is 5.95 Å². The maximum atomic E-state index is 13.6. The molecule has 1 aromatic carbocycles. The summed E-state index contributed by atoms with van der Waals surface area (Å²) in [7, 11) is 0. The van der Waals surface area contributed by atoms with Crippen LogP contribution in [0.25, 0.3) is 5.65 Å². The van der Waals surface area contributed by atoms with Gasteiger partial charge < -0.3 is 5.32 Å². The number of aromatic nitrogens is 3. The van der Waals surface area contributed by atoms with Crippen molar-refractivity contribution in [3.63, 3.8) is 0 Å². The third-order valence-corrected chi connectivity index (χ3v) is 3.18. The minimum Gasteiger partial charge on any atom is -0.349 e. The van der Waals surface area contributed by atoms with Crippen molar-refractivity contribution in [3.05, 3.63) is 58.4 Å². The van der Waals surface area contributed by atoms with Crippen LogP contribution in [0.3, 0.4) is 0 Å². The Morgan fingerprint density at radius 2 is 2.16 bits per heavy atom. The Bertz CT molecular complexity index is 692. The van der Waals surface area contributed by atoms with E-state index in [9.17, 15) is 4.39 Å². The quantitative estimate of drug-likeness (QED) is 0.805. The van der Waals surface area contributed by atoms with Crippen molar-refractivity contribution in [3.8, 4) is 0 Å². The van der Waals surface area contributed by atoms with Crippen molar-refractivity contribution in [1.82, 2.24) is 14.6 Å². The van der Waals surface area contributed by atoms with Crippen molar-refractivity contribution in [2.75, 3.05) is 5.32 Å². The molecule has 0 unspecified atom stereocenters. The molecule has 0 fully saturated rings. The highest BCUT2D eigenvalue weighted by molar-refractivity contribution is 9.10. The fourth-order valence-electron chi connectivity index (χ4n) is 1.76. The van der Waals surface area contributed by atoms with E-state index >= 15 is 0 Å². The zero-order chi connectivity index (χ0) is 13.2. The number of pyridine rings is 1. The van der Waals surface area contributed by atoms with Crippen LogP contribution in [0.1, 0.15) is 5.56 Å². The van der Waals surface area contributed by atoms with E-state index in [1.165, 1.54) is 6.07 Å². The summed E-state index contributed by atoms with van der Waals surface area (Å²) >= 11 is 3.32. The van der Waals surface area contributed by atoms with Gasteiger partial charge in [-0.3, -0.25) is 0 Å². The second-order valence-corrected chi connectivity index (χ2v) is 4.94. The van der Waals surface area contributed by atoms with Crippen LogP contribution in [-0.2, 0) is 6.54 Å². The van der Waals surface area contributed by atoms with Crippen LogP contribution in [0, 0.1) is 5.82 Å². The van der Waals surface area contributed by atoms with Gasteiger partial charge in [-0.25, -0.2) is 8.91 Å². The summed E-state index contributed by atoms with van der Waals surface area (Å²) in [5, 5.41) is 7.25. The standard InChI is InChI=1S/C13H10BrFN4/c14-10-4-5-11(15)9(7-10)8-16-13-17-12-3-1-2-6-19(12)18-13/h1-7H,8H2,(H,16,18). The lowest BCUT2D eigenvalue weighted by atomic mass is 10.2. The highest BCUT2D eigenvalue weighted by atomic mass is 79.9. The van der Waals surface area contributed by atoms with Gasteiger partial charge in [-0.1, -0.05) is 22.0 Å². The molecule has 3 aromatic rings. The molecule has 96 valence electrons. The van der Waals surface area contributed by atoms with Crippen LogP contribution in [0.2, 0.25) is 0 Å². The van der Waals surface area contributed by atoms with Crippen molar-refractivity contribution in [2.24, 2.45) is 0 Å². The summed E-state index contributed by atoms with van der Waals surface area (Å²) in [6.07, 6.45) is 1.81. The van der Waals surface area contributed by atoms with E-state index in [1.807, 2.05) is 24.4 Å². The zero-order valence-electron chi connectivity index (χ0n) is 9.85. The number of hydrogen-bond acceptors (Lipinski definition) is 3. The van der Waals surface area contributed by atoms with Gasteiger partial charge in [0, 0.05) is 22.8 Å². The molecule has 0 saturated carbocycles. The molecular formula is C13H10BrFN4. The predicted molar refractivity (Wildman–Crippen MR) is 74.4 cm³/mol. The molecule has 0 bridgehead atoms. The van der Waals surface area contributed by atoms with Crippen LogP contribution in [-0.4, -0.2) is 14.6 Å². The van der Waals surface area contributed by atoms with Crippen LogP contribution < -0.4 is 5.32 Å². The van der Waals surface area contributed by atoms with E-state index in [0.29, 0.717) is 18.1 Å². The Labute approximate surface area is 117 Å². The minimum atomic E-state index is -0.250. The first-order valence-corrected chi connectivity index (χ1v) is 6.51. The Kier molecular flexibility index (Phi) is 3.16. The molecule has 2 aromatic heterocycles. The van der Waals surface area contributed by atoms with Crippen LogP contribution >= 0.6 is 15.9 Å². The third-order valence-electron chi connectivity index (χ3n) is 2.69. The van der Waals surface area contributed by atoms with Gasteiger partial charge in [-0.05, 0) is 30.3 Å². The Balaban J connectivity index is 1.80. The molecule has 0 radical (unpaired) electrons. The molecule has 19 heavy (non-hydrogen) atoms. The normalized spacial score (nSPS) is 10.8. The number of nitrogens with one attached hydrogen (secondary N) is 1. The number of fused-ring (bicyclic) bond motifs is 1. The van der Waals surface area contributed by atoms with Gasteiger partial charge in [0.05, 0.1) is 0 Å². The predicted octanol–water partition coefficient (Wildman–Crippen LogP) is 3.24. The second kappa shape index (κ2) is 4.97. The zero-order valence-corrected chi connectivity index (χ0v) is 11.4. The molecule has 3 rings (SSSR count). The number of nitrogens with zero attached hydrogens (tertiary/aromatic N) is 3. The van der Waals surface area contributed by atoms with Crippen molar-refractivity contribution in [1.29, 1.82) is 0 Å². The lowest BCUT2D eigenvalue weighted by Gasteiger charge is -2.04. The maximum absolute atomic E-state index is 13.6. The summed E-state index contributed by atoms with van der Waals surface area (Å²) in [4.78, 5) is 4.29.